The van der Waals surface area contributed by atoms with Crippen LogP contribution >= 0.6 is 0 Å². The summed E-state index contributed by atoms with van der Waals surface area (Å²) in [6.45, 7) is 6.34. The van der Waals surface area contributed by atoms with Crippen molar-refractivity contribution < 1.29 is 9.22 Å². The van der Waals surface area contributed by atoms with Gasteiger partial charge in [0.2, 0.25) is 0 Å². The van der Waals surface area contributed by atoms with E-state index < -0.39 is 8.32 Å². The molecule has 0 spiro atoms. The van der Waals surface area contributed by atoms with E-state index in [-0.39, 0.29) is 5.78 Å². The van der Waals surface area contributed by atoms with Gasteiger partial charge in [-0.05, 0) is 38.9 Å². The van der Waals surface area contributed by atoms with Gasteiger partial charge in [0.25, 0.3) is 0 Å². The predicted octanol–water partition coefficient (Wildman–Crippen LogP) is 2.51. The van der Waals surface area contributed by atoms with E-state index in [2.05, 4.69) is 19.6 Å². The molecule has 0 aliphatic heterocycles. The molecule has 0 aromatic carbocycles. The Labute approximate surface area is 75.4 Å². The lowest BCUT2D eigenvalue weighted by atomic mass is 9.97. The van der Waals surface area contributed by atoms with E-state index in [1.54, 1.807) is 0 Å². The Morgan fingerprint density at radius 3 is 2.25 bits per heavy atom. The summed E-state index contributed by atoms with van der Waals surface area (Å²) in [5, 5.41) is 0. The molecule has 0 amide bonds. The van der Waals surface area contributed by atoms with Crippen molar-refractivity contribution in [2.75, 3.05) is 0 Å². The lowest BCUT2D eigenvalue weighted by Gasteiger charge is -2.26. The summed E-state index contributed by atoms with van der Waals surface area (Å²) in [5.74, 6) is 0.240. The van der Waals surface area contributed by atoms with Gasteiger partial charge in [-0.1, -0.05) is 0 Å². The molecule has 1 aliphatic rings. The molecule has 0 aromatic rings. The maximum atomic E-state index is 11.3. The van der Waals surface area contributed by atoms with Crippen molar-refractivity contribution in [2.45, 2.75) is 45.3 Å². The average molecular weight is 185 g/mol. The third kappa shape index (κ3) is 3.07. The van der Waals surface area contributed by atoms with Crippen molar-refractivity contribution in [1.29, 1.82) is 0 Å². The number of hydrogen-bond acceptors (Lipinski definition) is 2. The van der Waals surface area contributed by atoms with Gasteiger partial charge in [0.05, 0.1) is 0 Å². The molecule has 0 bridgehead atoms. The Balaban J connectivity index is 2.45. The van der Waals surface area contributed by atoms with Crippen LogP contribution < -0.4 is 0 Å². The smallest absolute Gasteiger partial charge is 0.185 e. The molecule has 0 N–H and O–H groups in total. The molecule has 0 atom stereocenters. The van der Waals surface area contributed by atoms with Crippen LogP contribution in [0.3, 0.4) is 0 Å². The second-order valence-corrected chi connectivity index (χ2v) is 8.70. The number of ketones is 1. The average Bonchev–Trinajstić information content (AvgIpc) is 1.91. The second kappa shape index (κ2) is 3.71. The summed E-state index contributed by atoms with van der Waals surface area (Å²) in [7, 11) is -1.54. The molecular weight excluding hydrogens is 168 g/mol. The zero-order valence-corrected chi connectivity index (χ0v) is 9.14. The van der Waals surface area contributed by atoms with E-state index in [4.69, 9.17) is 4.43 Å². The van der Waals surface area contributed by atoms with Gasteiger partial charge in [-0.2, -0.15) is 0 Å². The summed E-state index contributed by atoms with van der Waals surface area (Å²) >= 11 is 0. The van der Waals surface area contributed by atoms with E-state index in [0.29, 0.717) is 6.42 Å². The van der Waals surface area contributed by atoms with E-state index in [9.17, 15) is 4.79 Å². The molecule has 3 heteroatoms. The van der Waals surface area contributed by atoms with Gasteiger partial charge in [0.15, 0.2) is 14.1 Å². The SMILES string of the molecule is C[Si](C)(C)O[C]1CCCCC1=O. The third-order valence-electron chi connectivity index (χ3n) is 1.80. The summed E-state index contributed by atoms with van der Waals surface area (Å²) < 4.78 is 5.70. The predicted molar refractivity (Wildman–Crippen MR) is 51.1 cm³/mol. The first kappa shape index (κ1) is 9.93. The van der Waals surface area contributed by atoms with Crippen molar-refractivity contribution >= 4 is 14.1 Å². The lowest BCUT2D eigenvalue weighted by molar-refractivity contribution is -0.122. The van der Waals surface area contributed by atoms with Crippen LogP contribution in [0.25, 0.3) is 0 Å². The maximum absolute atomic E-state index is 11.3. The minimum atomic E-state index is -1.54. The summed E-state index contributed by atoms with van der Waals surface area (Å²) in [6, 6.07) is 0. The van der Waals surface area contributed by atoms with Gasteiger partial charge in [0.1, 0.15) is 6.10 Å². The van der Waals surface area contributed by atoms with Crippen LogP contribution in [0, 0.1) is 6.10 Å². The molecule has 1 aliphatic carbocycles. The fourth-order valence-corrected chi connectivity index (χ4v) is 2.28. The monoisotopic (exact) mass is 185 g/mol. The van der Waals surface area contributed by atoms with Crippen molar-refractivity contribution in [3.8, 4) is 0 Å². The highest BCUT2D eigenvalue weighted by atomic mass is 28.4. The van der Waals surface area contributed by atoms with Crippen LogP contribution in [0.15, 0.2) is 0 Å². The number of carbonyl (C=O) groups is 1. The quantitative estimate of drug-likeness (QED) is 0.618. The van der Waals surface area contributed by atoms with Crippen molar-refractivity contribution in [2.24, 2.45) is 0 Å². The van der Waals surface area contributed by atoms with Gasteiger partial charge in [-0.3, -0.25) is 4.79 Å². The van der Waals surface area contributed by atoms with Crippen molar-refractivity contribution in [1.82, 2.24) is 0 Å². The third-order valence-corrected chi connectivity index (χ3v) is 2.66. The highest BCUT2D eigenvalue weighted by molar-refractivity contribution is 6.70. The first-order valence-corrected chi connectivity index (χ1v) is 7.98. The highest BCUT2D eigenvalue weighted by Crippen LogP contribution is 2.26. The van der Waals surface area contributed by atoms with E-state index in [1.165, 1.54) is 0 Å². The van der Waals surface area contributed by atoms with E-state index in [1.807, 2.05) is 0 Å². The van der Waals surface area contributed by atoms with Gasteiger partial charge in [0, 0.05) is 6.42 Å². The molecule has 0 heterocycles. The second-order valence-electron chi connectivity index (χ2n) is 4.27. The first-order chi connectivity index (χ1) is 5.49. The molecule has 1 saturated carbocycles. The fraction of sp³-hybridized carbons (Fsp3) is 0.778. The zero-order valence-electron chi connectivity index (χ0n) is 8.14. The van der Waals surface area contributed by atoms with Gasteiger partial charge in [-0.15, -0.1) is 0 Å². The lowest BCUT2D eigenvalue weighted by Crippen LogP contribution is -2.32. The van der Waals surface area contributed by atoms with Crippen molar-refractivity contribution in [3.63, 3.8) is 0 Å². The topological polar surface area (TPSA) is 26.3 Å². The first-order valence-electron chi connectivity index (χ1n) is 4.57. The highest BCUT2D eigenvalue weighted by Gasteiger charge is 2.29. The summed E-state index contributed by atoms with van der Waals surface area (Å²) in [4.78, 5) is 11.3. The number of rotatable bonds is 2. The number of Topliss-reactive ketones (excluding diaryl/α,β-unsaturated/α-hetero) is 1. The van der Waals surface area contributed by atoms with Gasteiger partial charge >= 0.3 is 0 Å². The van der Waals surface area contributed by atoms with Gasteiger partial charge < -0.3 is 4.43 Å². The zero-order chi connectivity index (χ0) is 9.19. The Bertz CT molecular complexity index is 172. The number of carbonyl (C=O) groups excluding carboxylic acids is 1. The fourth-order valence-electron chi connectivity index (χ4n) is 1.33. The van der Waals surface area contributed by atoms with Crippen LogP contribution in [0.5, 0.6) is 0 Å². The maximum Gasteiger partial charge on any atom is 0.185 e. The standard InChI is InChI=1S/C9H17O2Si/c1-12(2,3)11-9-7-5-4-6-8(9)10/h4-7H2,1-3H3. The molecular formula is C9H17O2Si. The molecule has 1 fully saturated rings. The Morgan fingerprint density at radius 2 is 1.75 bits per heavy atom. The molecule has 1 rings (SSSR count). The van der Waals surface area contributed by atoms with Crippen LogP contribution in [-0.4, -0.2) is 14.1 Å². The molecule has 12 heavy (non-hydrogen) atoms. The normalized spacial score (nSPS) is 21.4. The van der Waals surface area contributed by atoms with E-state index in [0.717, 1.165) is 25.4 Å². The Hall–Kier alpha value is -0.153. The number of hydrogen-bond donors (Lipinski definition) is 0. The molecule has 1 radical (unpaired) electrons. The van der Waals surface area contributed by atoms with E-state index >= 15 is 0 Å². The minimum Gasteiger partial charge on any atom is -0.402 e. The largest absolute Gasteiger partial charge is 0.402 e. The van der Waals surface area contributed by atoms with Crippen LogP contribution in [0.2, 0.25) is 19.6 Å². The van der Waals surface area contributed by atoms with Crippen LogP contribution in [0.1, 0.15) is 25.7 Å². The minimum absolute atomic E-state index is 0.240. The van der Waals surface area contributed by atoms with Crippen molar-refractivity contribution in [3.05, 3.63) is 6.10 Å². The molecule has 69 valence electrons. The van der Waals surface area contributed by atoms with Crippen LogP contribution in [-0.2, 0) is 9.22 Å². The molecule has 0 aromatic heterocycles. The Morgan fingerprint density at radius 1 is 1.17 bits per heavy atom. The molecule has 0 unspecified atom stereocenters. The summed E-state index contributed by atoms with van der Waals surface area (Å²) in [5.41, 5.74) is 0. The molecule has 2 nitrogen and oxygen atoms in total. The van der Waals surface area contributed by atoms with Gasteiger partial charge in [-0.25, -0.2) is 0 Å². The Kier molecular flexibility index (Phi) is 3.07. The van der Waals surface area contributed by atoms with Crippen LogP contribution in [0.4, 0.5) is 0 Å². The molecule has 0 saturated heterocycles. The summed E-state index contributed by atoms with van der Waals surface area (Å²) in [6.07, 6.45) is 4.46.